The van der Waals surface area contributed by atoms with E-state index in [2.05, 4.69) is 5.32 Å². The molecular formula is C9H8N2O3. The van der Waals surface area contributed by atoms with Crippen LogP contribution in [0.3, 0.4) is 0 Å². The minimum absolute atomic E-state index is 0.0842. The Morgan fingerprint density at radius 3 is 3.00 bits per heavy atom. The summed E-state index contributed by atoms with van der Waals surface area (Å²) in [5.74, 6) is -0.324. The van der Waals surface area contributed by atoms with E-state index in [0.717, 1.165) is 0 Å². The number of carbonyl (C=O) groups excluding carboxylic acids is 1. The quantitative estimate of drug-likeness (QED) is 0.390. The van der Waals surface area contributed by atoms with Crippen molar-refractivity contribution in [2.24, 2.45) is 5.92 Å². The maximum absolute atomic E-state index is 10.6. The van der Waals surface area contributed by atoms with Gasteiger partial charge in [-0.3, -0.25) is 14.9 Å². The number of hydrogen-bond donors (Lipinski definition) is 1. The molecule has 2 rings (SSSR count). The molecule has 0 aromatic heterocycles. The molecule has 0 fully saturated rings. The zero-order valence-corrected chi connectivity index (χ0v) is 7.21. The Kier molecular flexibility index (Phi) is 1.92. The lowest BCUT2D eigenvalue weighted by atomic mass is 9.92. The van der Waals surface area contributed by atoms with Gasteiger partial charge in [0.1, 0.15) is 6.29 Å². The number of nitrogens with one attached hydrogen (secondary N) is 1. The molecular weight excluding hydrogens is 184 g/mol. The van der Waals surface area contributed by atoms with Crippen LogP contribution in [0.2, 0.25) is 0 Å². The van der Waals surface area contributed by atoms with E-state index in [9.17, 15) is 14.9 Å². The van der Waals surface area contributed by atoms with E-state index in [-0.39, 0.29) is 17.7 Å². The molecule has 0 amide bonds. The molecule has 2 unspecified atom stereocenters. The van der Waals surface area contributed by atoms with E-state index in [1.54, 1.807) is 18.2 Å². The van der Waals surface area contributed by atoms with Crippen LogP contribution in [0.4, 0.5) is 0 Å². The molecule has 0 saturated heterocycles. The molecule has 14 heavy (non-hydrogen) atoms. The molecule has 1 aliphatic carbocycles. The standard InChI is InChI=1S/C9H8N2O3/c12-5-6-1-2-8-7(3-6)9(4-10-8)11(13)14/h1-5,7-8,10H. The summed E-state index contributed by atoms with van der Waals surface area (Å²) in [5.41, 5.74) is 0.599. The second-order valence-electron chi connectivity index (χ2n) is 3.19. The van der Waals surface area contributed by atoms with Gasteiger partial charge in [0.15, 0.2) is 0 Å². The molecule has 1 aliphatic heterocycles. The van der Waals surface area contributed by atoms with E-state index in [1.165, 1.54) is 6.20 Å². The summed E-state index contributed by atoms with van der Waals surface area (Å²) in [6.07, 6.45) is 7.14. The number of nitro groups is 1. The first-order valence-electron chi connectivity index (χ1n) is 4.18. The van der Waals surface area contributed by atoms with Crippen molar-refractivity contribution in [2.45, 2.75) is 6.04 Å². The van der Waals surface area contributed by atoms with E-state index >= 15 is 0 Å². The first-order valence-corrected chi connectivity index (χ1v) is 4.18. The van der Waals surface area contributed by atoms with Crippen LogP contribution in [0.25, 0.3) is 0 Å². The van der Waals surface area contributed by atoms with Gasteiger partial charge < -0.3 is 5.32 Å². The van der Waals surface area contributed by atoms with Gasteiger partial charge in [-0.1, -0.05) is 18.2 Å². The van der Waals surface area contributed by atoms with Crippen LogP contribution in [0, 0.1) is 16.0 Å². The number of fused-ring (bicyclic) bond motifs is 1. The predicted molar refractivity (Wildman–Crippen MR) is 48.8 cm³/mol. The van der Waals surface area contributed by atoms with Gasteiger partial charge in [-0.2, -0.15) is 0 Å². The minimum Gasteiger partial charge on any atom is -0.378 e. The van der Waals surface area contributed by atoms with Crippen LogP contribution in [0.5, 0.6) is 0 Å². The SMILES string of the molecule is O=CC1=CC2C([N+](=O)[O-])=CNC2C=C1. The van der Waals surface area contributed by atoms with Crippen LogP contribution in [-0.4, -0.2) is 17.3 Å². The molecule has 5 nitrogen and oxygen atoms in total. The zero-order chi connectivity index (χ0) is 10.1. The van der Waals surface area contributed by atoms with Crippen molar-refractivity contribution in [3.05, 3.63) is 45.8 Å². The van der Waals surface area contributed by atoms with Crippen molar-refractivity contribution in [3.8, 4) is 0 Å². The molecule has 0 aromatic rings. The van der Waals surface area contributed by atoms with Gasteiger partial charge in [0, 0.05) is 5.57 Å². The summed E-state index contributed by atoms with van der Waals surface area (Å²) in [4.78, 5) is 20.7. The molecule has 5 heteroatoms. The van der Waals surface area contributed by atoms with E-state index in [4.69, 9.17) is 0 Å². The highest BCUT2D eigenvalue weighted by molar-refractivity contribution is 5.78. The Labute approximate surface area is 79.9 Å². The van der Waals surface area contributed by atoms with E-state index < -0.39 is 4.92 Å². The average Bonchev–Trinajstić information content (AvgIpc) is 2.59. The van der Waals surface area contributed by atoms with Crippen molar-refractivity contribution in [3.63, 3.8) is 0 Å². The fraction of sp³-hybridized carbons (Fsp3) is 0.222. The van der Waals surface area contributed by atoms with Crippen LogP contribution >= 0.6 is 0 Å². The second-order valence-corrected chi connectivity index (χ2v) is 3.19. The Morgan fingerprint density at radius 1 is 1.57 bits per heavy atom. The highest BCUT2D eigenvalue weighted by Crippen LogP contribution is 2.28. The van der Waals surface area contributed by atoms with Crippen LogP contribution in [0.1, 0.15) is 0 Å². The number of aldehydes is 1. The van der Waals surface area contributed by atoms with Gasteiger partial charge >= 0.3 is 0 Å². The monoisotopic (exact) mass is 192 g/mol. The summed E-state index contributed by atoms with van der Waals surface area (Å²) in [6.45, 7) is 0. The van der Waals surface area contributed by atoms with Gasteiger partial charge in [0.05, 0.1) is 23.1 Å². The van der Waals surface area contributed by atoms with Crippen molar-refractivity contribution in [1.29, 1.82) is 0 Å². The Bertz CT molecular complexity index is 382. The Hall–Kier alpha value is -1.91. The highest BCUT2D eigenvalue weighted by atomic mass is 16.6. The molecule has 0 aromatic carbocycles. The van der Waals surface area contributed by atoms with Crippen molar-refractivity contribution < 1.29 is 9.72 Å². The summed E-state index contributed by atoms with van der Waals surface area (Å²) < 4.78 is 0. The minimum atomic E-state index is -0.421. The van der Waals surface area contributed by atoms with Crippen molar-refractivity contribution in [1.82, 2.24) is 5.32 Å². The van der Waals surface area contributed by atoms with Gasteiger partial charge in [-0.25, -0.2) is 0 Å². The molecule has 2 aliphatic rings. The second kappa shape index (κ2) is 3.10. The highest BCUT2D eigenvalue weighted by Gasteiger charge is 2.36. The van der Waals surface area contributed by atoms with Crippen LogP contribution < -0.4 is 5.32 Å². The molecule has 0 saturated carbocycles. The lowest BCUT2D eigenvalue weighted by Gasteiger charge is -2.16. The lowest BCUT2D eigenvalue weighted by molar-refractivity contribution is -0.431. The smallest absolute Gasteiger partial charge is 0.270 e. The summed E-state index contributed by atoms with van der Waals surface area (Å²) >= 11 is 0. The Balaban J connectivity index is 2.30. The molecule has 0 bridgehead atoms. The van der Waals surface area contributed by atoms with Gasteiger partial charge in [-0.15, -0.1) is 0 Å². The summed E-state index contributed by atoms with van der Waals surface area (Å²) in [6, 6.07) is -0.0842. The molecule has 0 radical (unpaired) electrons. The maximum atomic E-state index is 10.6. The Morgan fingerprint density at radius 2 is 2.36 bits per heavy atom. The third-order valence-electron chi connectivity index (χ3n) is 2.37. The largest absolute Gasteiger partial charge is 0.378 e. The third kappa shape index (κ3) is 1.22. The number of hydrogen-bond acceptors (Lipinski definition) is 4. The van der Waals surface area contributed by atoms with Crippen molar-refractivity contribution >= 4 is 6.29 Å². The maximum Gasteiger partial charge on any atom is 0.270 e. The third-order valence-corrected chi connectivity index (χ3v) is 2.37. The molecule has 2 atom stereocenters. The van der Waals surface area contributed by atoms with E-state index in [0.29, 0.717) is 11.9 Å². The van der Waals surface area contributed by atoms with Crippen molar-refractivity contribution in [2.75, 3.05) is 0 Å². The molecule has 1 N–H and O–H groups in total. The number of nitrogens with zero attached hydrogens (tertiary/aromatic N) is 1. The summed E-state index contributed by atoms with van der Waals surface area (Å²) in [5, 5.41) is 13.5. The summed E-state index contributed by atoms with van der Waals surface area (Å²) in [7, 11) is 0. The molecule has 72 valence electrons. The number of carbonyl (C=O) groups is 1. The average molecular weight is 192 g/mol. The predicted octanol–water partition coefficient (Wildman–Crippen LogP) is 0.388. The molecule has 1 heterocycles. The number of rotatable bonds is 2. The first-order chi connectivity index (χ1) is 6.72. The fourth-order valence-electron chi connectivity index (χ4n) is 1.66. The van der Waals surface area contributed by atoms with Crippen LogP contribution in [-0.2, 0) is 4.79 Å². The van der Waals surface area contributed by atoms with Gasteiger partial charge in [0.2, 0.25) is 0 Å². The van der Waals surface area contributed by atoms with Gasteiger partial charge in [0.25, 0.3) is 5.70 Å². The number of allylic oxidation sites excluding steroid dienone is 2. The fourth-order valence-corrected chi connectivity index (χ4v) is 1.66. The first kappa shape index (κ1) is 8.68. The normalized spacial score (nSPS) is 28.6. The lowest BCUT2D eigenvalue weighted by Crippen LogP contribution is -2.27. The zero-order valence-electron chi connectivity index (χ0n) is 7.21. The molecule has 0 spiro atoms. The topological polar surface area (TPSA) is 72.2 Å². The van der Waals surface area contributed by atoms with E-state index in [1.807, 2.05) is 0 Å². The van der Waals surface area contributed by atoms with Gasteiger partial charge in [-0.05, 0) is 0 Å². The van der Waals surface area contributed by atoms with Crippen LogP contribution in [0.15, 0.2) is 35.7 Å².